The fourth-order valence-electron chi connectivity index (χ4n) is 1.51. The van der Waals surface area contributed by atoms with Crippen LogP contribution in [0, 0.1) is 0 Å². The van der Waals surface area contributed by atoms with Gasteiger partial charge in [0.05, 0.1) is 0 Å². The van der Waals surface area contributed by atoms with Gasteiger partial charge in [0.25, 0.3) is 5.91 Å². The number of aryl methyl sites for hydroxylation is 1. The van der Waals surface area contributed by atoms with Crippen LogP contribution >= 0.6 is 15.9 Å². The topological polar surface area (TPSA) is 46.9 Å². The highest BCUT2D eigenvalue weighted by atomic mass is 79.9. The smallest absolute Gasteiger partial charge is 0.273 e. The predicted octanol–water partition coefficient (Wildman–Crippen LogP) is 2.92. The molecule has 88 valence electrons. The second-order valence-electron chi connectivity index (χ2n) is 3.49. The molecule has 0 aliphatic heterocycles. The molecule has 0 unspecified atom stereocenters. The summed E-state index contributed by atoms with van der Waals surface area (Å²) in [5, 5.41) is 6.89. The Balaban J connectivity index is 2.14. The molecule has 0 spiro atoms. The first kappa shape index (κ1) is 11.9. The number of aromatic nitrogens is 2. The Bertz CT molecular complexity index is 519. The number of hydrogen-bond acceptors (Lipinski definition) is 2. The maximum absolute atomic E-state index is 12.0. The van der Waals surface area contributed by atoms with E-state index in [2.05, 4.69) is 26.3 Å². The van der Waals surface area contributed by atoms with Gasteiger partial charge in [0.2, 0.25) is 0 Å². The van der Waals surface area contributed by atoms with Crippen LogP contribution in [0.25, 0.3) is 0 Å². The molecule has 1 amide bonds. The molecule has 1 N–H and O–H groups in total. The van der Waals surface area contributed by atoms with E-state index in [9.17, 15) is 4.79 Å². The second kappa shape index (κ2) is 5.14. The highest BCUT2D eigenvalue weighted by molar-refractivity contribution is 9.10. The summed E-state index contributed by atoms with van der Waals surface area (Å²) in [6.07, 6.45) is 1.62. The zero-order chi connectivity index (χ0) is 12.3. The Hall–Kier alpha value is -1.62. The van der Waals surface area contributed by atoms with Crippen molar-refractivity contribution in [2.75, 3.05) is 5.32 Å². The Kier molecular flexibility index (Phi) is 3.58. The monoisotopic (exact) mass is 293 g/mol. The molecule has 17 heavy (non-hydrogen) atoms. The summed E-state index contributed by atoms with van der Waals surface area (Å²) in [4.78, 5) is 12.0. The summed E-state index contributed by atoms with van der Waals surface area (Å²) in [5.74, 6) is -0.147. The lowest BCUT2D eigenvalue weighted by atomic mass is 10.3. The van der Waals surface area contributed by atoms with Crippen LogP contribution in [-0.2, 0) is 6.54 Å². The van der Waals surface area contributed by atoms with E-state index in [0.29, 0.717) is 12.2 Å². The molecule has 0 atom stereocenters. The van der Waals surface area contributed by atoms with Gasteiger partial charge in [-0.3, -0.25) is 9.48 Å². The quantitative estimate of drug-likeness (QED) is 0.946. The molecule has 0 bridgehead atoms. The van der Waals surface area contributed by atoms with Crippen molar-refractivity contribution in [3.63, 3.8) is 0 Å². The van der Waals surface area contributed by atoms with Crippen LogP contribution in [-0.4, -0.2) is 15.7 Å². The van der Waals surface area contributed by atoms with E-state index in [0.717, 1.165) is 10.2 Å². The van der Waals surface area contributed by atoms with E-state index in [1.807, 2.05) is 31.2 Å². The van der Waals surface area contributed by atoms with Crippen LogP contribution in [0.15, 0.2) is 41.0 Å². The minimum atomic E-state index is -0.147. The van der Waals surface area contributed by atoms with Crippen molar-refractivity contribution >= 4 is 27.5 Å². The van der Waals surface area contributed by atoms with E-state index in [4.69, 9.17) is 0 Å². The van der Waals surface area contributed by atoms with Crippen molar-refractivity contribution in [1.82, 2.24) is 9.78 Å². The molecule has 0 fully saturated rings. The van der Waals surface area contributed by atoms with Gasteiger partial charge in [-0.25, -0.2) is 0 Å². The molecule has 1 aromatic heterocycles. The van der Waals surface area contributed by atoms with Crippen LogP contribution in [0.1, 0.15) is 17.4 Å². The molecule has 1 heterocycles. The molecule has 2 rings (SSSR count). The minimum Gasteiger partial charge on any atom is -0.321 e. The molecule has 1 aromatic carbocycles. The lowest BCUT2D eigenvalue weighted by Crippen LogP contribution is -2.17. The maximum atomic E-state index is 12.0. The highest BCUT2D eigenvalue weighted by Crippen LogP contribution is 2.15. The van der Waals surface area contributed by atoms with Gasteiger partial charge in [0.15, 0.2) is 0 Å². The van der Waals surface area contributed by atoms with Crippen LogP contribution in [0.5, 0.6) is 0 Å². The van der Waals surface area contributed by atoms with Crippen molar-refractivity contribution in [2.45, 2.75) is 13.5 Å². The van der Waals surface area contributed by atoms with E-state index < -0.39 is 0 Å². The van der Waals surface area contributed by atoms with Gasteiger partial charge >= 0.3 is 0 Å². The highest BCUT2D eigenvalue weighted by Gasteiger charge is 2.10. The number of anilines is 1. The van der Waals surface area contributed by atoms with Crippen LogP contribution in [0.4, 0.5) is 5.69 Å². The van der Waals surface area contributed by atoms with Crippen LogP contribution < -0.4 is 5.32 Å². The number of nitrogens with zero attached hydrogens (tertiary/aromatic N) is 2. The van der Waals surface area contributed by atoms with E-state index in [-0.39, 0.29) is 5.91 Å². The molecular formula is C12H12BrN3O. The van der Waals surface area contributed by atoms with Crippen molar-refractivity contribution in [1.29, 1.82) is 0 Å². The summed E-state index contributed by atoms with van der Waals surface area (Å²) in [7, 11) is 0. The van der Waals surface area contributed by atoms with Crippen LogP contribution in [0.3, 0.4) is 0 Å². The summed E-state index contributed by atoms with van der Waals surface area (Å²) in [6.45, 7) is 2.62. The Morgan fingerprint density at radius 1 is 1.35 bits per heavy atom. The SMILES string of the molecule is CCn1nccc1C(=O)Nc1ccc(Br)cc1. The molecule has 0 saturated carbocycles. The normalized spacial score (nSPS) is 10.2. The average Bonchev–Trinajstić information content (AvgIpc) is 2.80. The van der Waals surface area contributed by atoms with Crippen LogP contribution in [0.2, 0.25) is 0 Å². The van der Waals surface area contributed by atoms with Gasteiger partial charge in [0, 0.05) is 22.9 Å². The summed E-state index contributed by atoms with van der Waals surface area (Å²) in [5.41, 5.74) is 1.33. The predicted molar refractivity (Wildman–Crippen MR) is 70.0 cm³/mol. The van der Waals surface area contributed by atoms with Crippen molar-refractivity contribution in [3.8, 4) is 0 Å². The maximum Gasteiger partial charge on any atom is 0.273 e. The third kappa shape index (κ3) is 2.74. The Morgan fingerprint density at radius 3 is 2.71 bits per heavy atom. The molecule has 0 aliphatic carbocycles. The fraction of sp³-hybridized carbons (Fsp3) is 0.167. The first-order valence-electron chi connectivity index (χ1n) is 5.29. The Labute approximate surface area is 108 Å². The van der Waals surface area contributed by atoms with Crippen molar-refractivity contribution in [3.05, 3.63) is 46.7 Å². The first-order chi connectivity index (χ1) is 8.20. The Morgan fingerprint density at radius 2 is 2.06 bits per heavy atom. The number of nitrogens with one attached hydrogen (secondary N) is 1. The first-order valence-corrected chi connectivity index (χ1v) is 6.08. The third-order valence-electron chi connectivity index (χ3n) is 2.35. The number of benzene rings is 1. The van der Waals surface area contributed by atoms with Gasteiger partial charge in [-0.2, -0.15) is 5.10 Å². The van der Waals surface area contributed by atoms with Crippen molar-refractivity contribution in [2.24, 2.45) is 0 Å². The van der Waals surface area contributed by atoms with Gasteiger partial charge in [-0.15, -0.1) is 0 Å². The zero-order valence-corrected chi connectivity index (χ0v) is 10.9. The average molecular weight is 294 g/mol. The summed E-state index contributed by atoms with van der Waals surface area (Å²) in [6, 6.07) is 9.15. The molecular weight excluding hydrogens is 282 g/mol. The number of hydrogen-bond donors (Lipinski definition) is 1. The lowest BCUT2D eigenvalue weighted by Gasteiger charge is -2.06. The molecule has 0 radical (unpaired) electrons. The zero-order valence-electron chi connectivity index (χ0n) is 9.35. The second-order valence-corrected chi connectivity index (χ2v) is 4.41. The molecule has 4 nitrogen and oxygen atoms in total. The van der Waals surface area contributed by atoms with Gasteiger partial charge in [-0.1, -0.05) is 15.9 Å². The minimum absolute atomic E-state index is 0.147. The third-order valence-corrected chi connectivity index (χ3v) is 2.88. The van der Waals surface area contributed by atoms with Gasteiger partial charge in [0.1, 0.15) is 5.69 Å². The number of carbonyl (C=O) groups excluding carboxylic acids is 1. The molecule has 2 aromatic rings. The summed E-state index contributed by atoms with van der Waals surface area (Å²) < 4.78 is 2.64. The van der Waals surface area contributed by atoms with E-state index >= 15 is 0 Å². The van der Waals surface area contributed by atoms with E-state index in [1.165, 1.54) is 0 Å². The summed E-state index contributed by atoms with van der Waals surface area (Å²) >= 11 is 3.35. The molecule has 5 heteroatoms. The standard InChI is InChI=1S/C12H12BrN3O/c1-2-16-11(7-8-14-16)12(17)15-10-5-3-9(13)4-6-10/h3-8H,2H2,1H3,(H,15,17). The fourth-order valence-corrected chi connectivity index (χ4v) is 1.77. The number of halogens is 1. The number of rotatable bonds is 3. The number of carbonyl (C=O) groups is 1. The molecule has 0 saturated heterocycles. The van der Waals surface area contributed by atoms with Gasteiger partial charge in [-0.05, 0) is 37.3 Å². The molecule has 0 aliphatic rings. The number of amides is 1. The van der Waals surface area contributed by atoms with Gasteiger partial charge < -0.3 is 5.32 Å². The largest absolute Gasteiger partial charge is 0.321 e. The lowest BCUT2D eigenvalue weighted by molar-refractivity contribution is 0.101. The van der Waals surface area contributed by atoms with Crippen molar-refractivity contribution < 1.29 is 4.79 Å². The van der Waals surface area contributed by atoms with E-state index in [1.54, 1.807) is 16.9 Å².